The highest BCUT2D eigenvalue weighted by Crippen LogP contribution is 2.43. The Bertz CT molecular complexity index is 2800. The second-order valence-corrected chi connectivity index (χ2v) is 19.0. The number of aryl methyl sites for hydroxylation is 1. The first-order valence-corrected chi connectivity index (χ1v) is 23.1. The van der Waals surface area contributed by atoms with Crippen molar-refractivity contribution in [3.05, 3.63) is 125 Å². The summed E-state index contributed by atoms with van der Waals surface area (Å²) in [5, 5.41) is 8.19. The molecule has 3 N–H and O–H groups in total. The van der Waals surface area contributed by atoms with Crippen LogP contribution in [-0.4, -0.2) is 111 Å². The van der Waals surface area contributed by atoms with Crippen molar-refractivity contribution in [3.63, 3.8) is 0 Å². The minimum absolute atomic E-state index is 0.0371. The topological polar surface area (TPSA) is 165 Å². The molecule has 5 amide bonds. The number of carbonyl (C=O) groups excluding carboxylic acids is 5. The predicted molar refractivity (Wildman–Crippen MR) is 244 cm³/mol. The maximum absolute atomic E-state index is 16.0. The molecule has 11 rings (SSSR count). The Morgan fingerprint density at radius 2 is 1.66 bits per heavy atom. The number of amides is 5. The van der Waals surface area contributed by atoms with Gasteiger partial charge >= 0.3 is 0 Å². The van der Waals surface area contributed by atoms with E-state index in [2.05, 4.69) is 35.7 Å². The first-order chi connectivity index (χ1) is 32.5. The Labute approximate surface area is 385 Å². The Balaban J connectivity index is 0.669. The largest absolute Gasteiger partial charge is 0.374 e. The molecule has 2 atom stereocenters. The second kappa shape index (κ2) is 17.0. The third-order valence-corrected chi connectivity index (χ3v) is 14.5. The molecule has 1 unspecified atom stereocenters. The smallest absolute Gasteiger partial charge is 0.255 e. The van der Waals surface area contributed by atoms with Crippen LogP contribution in [-0.2, 0) is 38.7 Å². The van der Waals surface area contributed by atoms with Crippen molar-refractivity contribution in [2.45, 2.75) is 69.6 Å². The highest BCUT2D eigenvalue weighted by atomic mass is 19.1. The van der Waals surface area contributed by atoms with Gasteiger partial charge in [0.2, 0.25) is 17.7 Å². The first-order valence-electron chi connectivity index (χ1n) is 23.1. The van der Waals surface area contributed by atoms with Crippen molar-refractivity contribution < 1.29 is 32.8 Å². The summed E-state index contributed by atoms with van der Waals surface area (Å²) in [6.07, 6.45) is 7.00. The monoisotopic (exact) mass is 908 g/mol. The fourth-order valence-electron chi connectivity index (χ4n) is 11.0. The van der Waals surface area contributed by atoms with Gasteiger partial charge in [0.25, 0.3) is 11.8 Å². The number of nitrogens with zero attached hydrogens (tertiary/aromatic N) is 7. The Hall–Kier alpha value is -7.01. The van der Waals surface area contributed by atoms with E-state index < -0.39 is 35.6 Å². The predicted octanol–water partition coefficient (Wildman–Crippen LogP) is 5.25. The number of benzene rings is 3. The average molecular weight is 909 g/mol. The Morgan fingerprint density at radius 1 is 0.851 bits per heavy atom. The van der Waals surface area contributed by atoms with Gasteiger partial charge < -0.3 is 29.9 Å². The molecule has 6 aliphatic rings. The van der Waals surface area contributed by atoms with Crippen molar-refractivity contribution in [2.24, 2.45) is 5.41 Å². The number of hydrogen-bond acceptors (Lipinski definition) is 10. The number of aromatic nitrogens is 3. The van der Waals surface area contributed by atoms with Crippen LogP contribution in [0.1, 0.15) is 76.9 Å². The van der Waals surface area contributed by atoms with E-state index in [0.717, 1.165) is 62.3 Å². The molecule has 0 bridgehead atoms. The molecule has 4 fully saturated rings. The number of imide groups is 1. The maximum atomic E-state index is 16.0. The maximum Gasteiger partial charge on any atom is 0.255 e. The molecule has 8 heterocycles. The minimum Gasteiger partial charge on any atom is -0.374 e. The summed E-state index contributed by atoms with van der Waals surface area (Å²) < 4.78 is 33.2. The standard InChI is InChI=1S/C50H50F2N10O5/c51-38-21-32(20-36-37(38)23-62(49(36)67)46(45-41-4-3-17-59(41)29-54-45)48(66)56-42-5-1-2-16-53-42)30-6-9-34(10-7-30)60-25-50(26-60)27-61(28-50)44(64)24-58-18-14-31(15-19-58)35-11-8-33(22-39(35)52)55-40-12-13-43(63)57-47(40)65/h1-2,5-11,16,20-22,29,31,40,46,55H,3-4,12-15,17-19,23-28H2,(H,53,56,66)(H,57,63,65)/t40-,46?/m0/s1. The zero-order valence-corrected chi connectivity index (χ0v) is 36.8. The number of nitrogens with one attached hydrogen (secondary N) is 3. The zero-order chi connectivity index (χ0) is 46.0. The van der Waals surface area contributed by atoms with E-state index in [-0.39, 0.29) is 53.1 Å². The summed E-state index contributed by atoms with van der Waals surface area (Å²) in [5.41, 5.74) is 5.41. The third-order valence-electron chi connectivity index (χ3n) is 14.5. The van der Waals surface area contributed by atoms with E-state index in [4.69, 9.17) is 0 Å². The van der Waals surface area contributed by atoms with Crippen molar-refractivity contribution in [2.75, 3.05) is 61.3 Å². The minimum atomic E-state index is -1.08. The molecule has 17 heteroatoms. The zero-order valence-electron chi connectivity index (χ0n) is 36.8. The molecule has 3 aromatic carbocycles. The molecule has 67 heavy (non-hydrogen) atoms. The second-order valence-electron chi connectivity index (χ2n) is 19.0. The van der Waals surface area contributed by atoms with Gasteiger partial charge in [-0.15, -0.1) is 0 Å². The van der Waals surface area contributed by atoms with Gasteiger partial charge in [-0.05, 0) is 116 Å². The van der Waals surface area contributed by atoms with Crippen LogP contribution in [0.5, 0.6) is 0 Å². The third kappa shape index (κ3) is 8.08. The number of imidazole rings is 1. The number of likely N-dealkylation sites (tertiary alicyclic amines) is 2. The summed E-state index contributed by atoms with van der Waals surface area (Å²) >= 11 is 0. The van der Waals surface area contributed by atoms with E-state index in [1.54, 1.807) is 48.9 Å². The van der Waals surface area contributed by atoms with Gasteiger partial charge in [0.1, 0.15) is 23.5 Å². The number of rotatable bonds is 11. The molecule has 344 valence electrons. The average Bonchev–Trinajstić information content (AvgIpc) is 4.01. The van der Waals surface area contributed by atoms with Crippen LogP contribution in [0.4, 0.5) is 26.0 Å². The van der Waals surface area contributed by atoms with E-state index in [0.29, 0.717) is 67.5 Å². The van der Waals surface area contributed by atoms with Crippen molar-refractivity contribution in [1.82, 2.24) is 34.6 Å². The number of fused-ring (bicyclic) bond motifs is 2. The van der Waals surface area contributed by atoms with Crippen molar-refractivity contribution in [3.8, 4) is 11.1 Å². The molecule has 2 aromatic heterocycles. The molecular weight excluding hydrogens is 859 g/mol. The molecule has 1 spiro atoms. The summed E-state index contributed by atoms with van der Waals surface area (Å²) in [4.78, 5) is 81.7. The lowest BCUT2D eigenvalue weighted by Gasteiger charge is -2.61. The number of piperidine rings is 2. The van der Waals surface area contributed by atoms with Gasteiger partial charge in [-0.2, -0.15) is 0 Å². The fourth-order valence-corrected chi connectivity index (χ4v) is 11.0. The van der Waals surface area contributed by atoms with E-state index >= 15 is 8.78 Å². The molecule has 0 aliphatic carbocycles. The molecule has 4 saturated heterocycles. The summed E-state index contributed by atoms with van der Waals surface area (Å²) in [6, 6.07) is 19.5. The molecular formula is C50H50F2N10O5. The molecule has 6 aliphatic heterocycles. The molecule has 0 radical (unpaired) electrons. The van der Waals surface area contributed by atoms with Gasteiger partial charge in [-0.3, -0.25) is 34.2 Å². The fraction of sp³-hybridized carbons (Fsp3) is 0.380. The van der Waals surface area contributed by atoms with E-state index in [9.17, 15) is 24.0 Å². The van der Waals surface area contributed by atoms with Crippen molar-refractivity contribution >= 4 is 46.7 Å². The number of halogens is 2. The van der Waals surface area contributed by atoms with Crippen LogP contribution in [0.25, 0.3) is 11.1 Å². The highest BCUT2D eigenvalue weighted by molar-refractivity contribution is 6.04. The lowest BCUT2D eigenvalue weighted by atomic mass is 9.72. The number of carbonyl (C=O) groups is 5. The Kier molecular flexibility index (Phi) is 10.8. The lowest BCUT2D eigenvalue weighted by Crippen LogP contribution is -2.73. The molecule has 0 saturated carbocycles. The van der Waals surface area contributed by atoms with Crippen LogP contribution in [0.3, 0.4) is 0 Å². The van der Waals surface area contributed by atoms with Gasteiger partial charge in [0, 0.05) is 79.0 Å². The summed E-state index contributed by atoms with van der Waals surface area (Å²) in [7, 11) is 0. The van der Waals surface area contributed by atoms with Crippen LogP contribution in [0.2, 0.25) is 0 Å². The summed E-state index contributed by atoms with van der Waals surface area (Å²) in [5.74, 6) is -1.94. The van der Waals surface area contributed by atoms with Crippen LogP contribution >= 0.6 is 0 Å². The molecule has 15 nitrogen and oxygen atoms in total. The SMILES string of the molecule is O=C1CC[C@H](Nc2ccc(C3CCN(CC(=O)N4CC5(C4)CN(c4ccc(-c6cc(F)c7c(c6)C(=O)N(C(C(=O)Nc6ccccn6)c6ncn8c6CCC8)C7)cc4)C5)CC3)c(F)c2)C(=O)N1. The molecule has 5 aromatic rings. The van der Waals surface area contributed by atoms with Crippen molar-refractivity contribution in [1.29, 1.82) is 0 Å². The quantitative estimate of drug-likeness (QED) is 0.149. The van der Waals surface area contributed by atoms with Gasteiger partial charge in [-0.25, -0.2) is 18.7 Å². The first kappa shape index (κ1) is 42.6. The Morgan fingerprint density at radius 3 is 2.40 bits per heavy atom. The number of pyridine rings is 1. The highest BCUT2D eigenvalue weighted by Gasteiger charge is 2.53. The van der Waals surface area contributed by atoms with Gasteiger partial charge in [0.15, 0.2) is 6.04 Å². The van der Waals surface area contributed by atoms with Crippen LogP contribution in [0, 0.1) is 17.0 Å². The van der Waals surface area contributed by atoms with Crippen LogP contribution in [0.15, 0.2) is 85.3 Å². The van der Waals surface area contributed by atoms with Crippen LogP contribution < -0.4 is 20.9 Å². The van der Waals surface area contributed by atoms with E-state index in [1.807, 2.05) is 33.7 Å². The van der Waals surface area contributed by atoms with Gasteiger partial charge in [-0.1, -0.05) is 24.3 Å². The van der Waals surface area contributed by atoms with Gasteiger partial charge in [0.05, 0.1) is 25.1 Å². The number of anilines is 3. The van der Waals surface area contributed by atoms with E-state index in [1.165, 1.54) is 17.0 Å². The summed E-state index contributed by atoms with van der Waals surface area (Å²) in [6.45, 7) is 5.50. The number of hydrogen-bond donors (Lipinski definition) is 3. The normalized spacial score (nSPS) is 20.5. The lowest BCUT2D eigenvalue weighted by molar-refractivity contribution is -0.146.